The van der Waals surface area contributed by atoms with E-state index in [9.17, 15) is 0 Å². The molecule has 5 N–H and O–H groups in total. The molecule has 0 atom stereocenters. The minimum atomic E-state index is -3.13. The molecule has 0 aromatic rings. The second-order valence-corrected chi connectivity index (χ2v) is 2.21. The maximum atomic E-state index is 8.74. The molecular formula is C4H15KNO5P. The van der Waals surface area contributed by atoms with E-state index in [1.54, 1.807) is 0 Å². The summed E-state index contributed by atoms with van der Waals surface area (Å²) in [5.74, 6) is 0. The second kappa shape index (κ2) is 15.2. The van der Waals surface area contributed by atoms with Gasteiger partial charge in [-0.15, -0.1) is 0 Å². The van der Waals surface area contributed by atoms with Crippen LogP contribution in [0.4, 0.5) is 0 Å². The van der Waals surface area contributed by atoms with E-state index in [0.29, 0.717) is 0 Å². The first-order chi connectivity index (χ1) is 4.73. The Kier molecular flexibility index (Phi) is 24.3. The van der Waals surface area contributed by atoms with Gasteiger partial charge in [-0.05, 0) is 0 Å². The van der Waals surface area contributed by atoms with Crippen LogP contribution in [0.15, 0.2) is 0 Å². The fourth-order valence-electron chi connectivity index (χ4n) is 0.516. The number of morpholine rings is 1. The Morgan fingerprint density at radius 2 is 1.58 bits per heavy atom. The van der Waals surface area contributed by atoms with Crippen molar-refractivity contribution in [2.45, 2.75) is 0 Å². The van der Waals surface area contributed by atoms with Crippen molar-refractivity contribution in [3.63, 3.8) is 0 Å². The average Bonchev–Trinajstić information content (AvgIpc) is 1.90. The third kappa shape index (κ3) is 22.6. The molecule has 1 aliphatic rings. The zero-order chi connectivity index (χ0) is 7.82. The molecular weight excluding hydrogens is 212 g/mol. The van der Waals surface area contributed by atoms with Crippen molar-refractivity contribution in [3.05, 3.63) is 0 Å². The molecule has 12 heavy (non-hydrogen) atoms. The number of ether oxygens (including phenoxy) is 1. The molecule has 0 aliphatic carbocycles. The van der Waals surface area contributed by atoms with Gasteiger partial charge in [0.2, 0.25) is 0 Å². The molecule has 0 spiro atoms. The molecule has 0 aromatic heterocycles. The molecule has 0 aromatic carbocycles. The van der Waals surface area contributed by atoms with E-state index in [2.05, 4.69) is 5.32 Å². The summed E-state index contributed by atoms with van der Waals surface area (Å²) < 4.78 is 13.7. The van der Waals surface area contributed by atoms with Crippen LogP contribution in [0.3, 0.4) is 0 Å². The second-order valence-electron chi connectivity index (χ2n) is 1.64. The molecule has 1 fully saturated rings. The molecule has 0 radical (unpaired) electrons. The van der Waals surface area contributed by atoms with Crippen LogP contribution < -0.4 is 5.32 Å². The van der Waals surface area contributed by atoms with Gasteiger partial charge >= 0.3 is 59.6 Å². The molecule has 0 unspecified atom stereocenters. The van der Waals surface area contributed by atoms with E-state index in [1.807, 2.05) is 0 Å². The molecule has 6 nitrogen and oxygen atoms in total. The first-order valence-corrected chi connectivity index (χ1v) is 4.24. The molecule has 1 heterocycles. The van der Waals surface area contributed by atoms with Crippen molar-refractivity contribution < 1.29 is 24.6 Å². The van der Waals surface area contributed by atoms with E-state index in [4.69, 9.17) is 19.1 Å². The summed E-state index contributed by atoms with van der Waals surface area (Å²) in [6.45, 7) is 3.83. The molecule has 0 saturated carbocycles. The van der Waals surface area contributed by atoms with Crippen LogP contribution in [0.1, 0.15) is 0 Å². The van der Waals surface area contributed by atoms with Gasteiger partial charge in [-0.2, -0.15) is 0 Å². The summed E-state index contributed by atoms with van der Waals surface area (Å²) in [6.07, 6.45) is 0. The summed E-state index contributed by atoms with van der Waals surface area (Å²) in [6, 6.07) is 0. The molecule has 72 valence electrons. The number of hydrogen-bond acceptors (Lipinski definition) is 3. The van der Waals surface area contributed by atoms with Crippen LogP contribution in [0.5, 0.6) is 0 Å². The van der Waals surface area contributed by atoms with Crippen LogP contribution in [0.25, 0.3) is 0 Å². The first-order valence-electron chi connectivity index (χ1n) is 2.94. The summed E-state index contributed by atoms with van der Waals surface area (Å²) in [4.78, 5) is 14.3. The summed E-state index contributed by atoms with van der Waals surface area (Å²) in [7, 11) is -3.13. The Labute approximate surface area is 114 Å². The van der Waals surface area contributed by atoms with Gasteiger partial charge in [-0.1, -0.05) is 0 Å². The predicted molar refractivity (Wildman–Crippen MR) is 47.9 cm³/mol. The predicted octanol–water partition coefficient (Wildman–Crippen LogP) is -2.51. The van der Waals surface area contributed by atoms with E-state index in [0.717, 1.165) is 26.3 Å². The minimum absolute atomic E-state index is 0. The van der Waals surface area contributed by atoms with Gasteiger partial charge in [0.15, 0.2) is 0 Å². The third-order valence-electron chi connectivity index (χ3n) is 0.846. The van der Waals surface area contributed by atoms with Gasteiger partial charge in [-0.3, -0.25) is 4.57 Å². The molecule has 0 amide bonds. The molecule has 1 aliphatic heterocycles. The van der Waals surface area contributed by atoms with Gasteiger partial charge < -0.3 is 25.3 Å². The fraction of sp³-hybridized carbons (Fsp3) is 1.00. The van der Waals surface area contributed by atoms with Gasteiger partial charge in [-0.25, -0.2) is 0 Å². The molecule has 1 rings (SSSR count). The molecule has 0 bridgehead atoms. The van der Waals surface area contributed by atoms with Crippen molar-refractivity contribution in [1.29, 1.82) is 0 Å². The topological polar surface area (TPSA) is 110 Å². The Hall–Kier alpha value is 1.67. The van der Waals surface area contributed by atoms with Crippen molar-refractivity contribution >= 4 is 59.6 Å². The van der Waals surface area contributed by atoms with E-state index in [1.165, 1.54) is 0 Å². The van der Waals surface area contributed by atoms with Crippen LogP contribution in [0.2, 0.25) is 0 Å². The molecule has 1 saturated heterocycles. The van der Waals surface area contributed by atoms with Crippen LogP contribution in [-0.4, -0.2) is 93.0 Å². The zero-order valence-electron chi connectivity index (χ0n) is 6.04. The van der Waals surface area contributed by atoms with Gasteiger partial charge in [0.25, 0.3) is 0 Å². The SMILES string of the molecule is C1COCCN1.O.O=[PH](O)O.[KH]. The zero-order valence-corrected chi connectivity index (χ0v) is 7.04. The Bertz CT molecular complexity index is 85.9. The standard InChI is InChI=1S/C4H9NO.K.H3O3P.H2O.H/c1-3-6-4-2-5-1;;1-4(2)3;;/h5H,1-4H2;;4H,(H2,1,2,3);1H2;. The van der Waals surface area contributed by atoms with Crippen molar-refractivity contribution in [2.24, 2.45) is 0 Å². The fourth-order valence-corrected chi connectivity index (χ4v) is 0.516. The number of rotatable bonds is 0. The quantitative estimate of drug-likeness (QED) is 0.313. The maximum absolute atomic E-state index is 8.74. The summed E-state index contributed by atoms with van der Waals surface area (Å²) in [5.41, 5.74) is 0. The number of nitrogens with one attached hydrogen (secondary N) is 1. The van der Waals surface area contributed by atoms with Crippen LogP contribution in [0, 0.1) is 0 Å². The van der Waals surface area contributed by atoms with Gasteiger partial charge in [0.1, 0.15) is 0 Å². The third-order valence-corrected chi connectivity index (χ3v) is 0.846. The monoisotopic (exact) mass is 227 g/mol. The normalized spacial score (nSPS) is 14.9. The van der Waals surface area contributed by atoms with Crippen LogP contribution in [-0.2, 0) is 9.30 Å². The Morgan fingerprint density at radius 1 is 1.25 bits per heavy atom. The van der Waals surface area contributed by atoms with Gasteiger partial charge in [0.05, 0.1) is 13.2 Å². The van der Waals surface area contributed by atoms with E-state index >= 15 is 0 Å². The van der Waals surface area contributed by atoms with E-state index in [-0.39, 0.29) is 56.9 Å². The van der Waals surface area contributed by atoms with Crippen molar-refractivity contribution in [3.8, 4) is 0 Å². The molecule has 8 heteroatoms. The van der Waals surface area contributed by atoms with Gasteiger partial charge in [0, 0.05) is 13.1 Å². The van der Waals surface area contributed by atoms with Crippen molar-refractivity contribution in [2.75, 3.05) is 26.3 Å². The Balaban J connectivity index is -0.000000124. The average molecular weight is 227 g/mol. The van der Waals surface area contributed by atoms with E-state index < -0.39 is 8.25 Å². The number of hydrogen-bond donors (Lipinski definition) is 3. The van der Waals surface area contributed by atoms with Crippen molar-refractivity contribution in [1.82, 2.24) is 5.32 Å². The van der Waals surface area contributed by atoms with Crippen LogP contribution >= 0.6 is 8.25 Å². The first kappa shape index (κ1) is 19.3. The summed E-state index contributed by atoms with van der Waals surface area (Å²) in [5, 5.41) is 3.16. The Morgan fingerprint density at radius 3 is 1.67 bits per heavy atom. The summed E-state index contributed by atoms with van der Waals surface area (Å²) >= 11 is 0.